The van der Waals surface area contributed by atoms with Crippen molar-refractivity contribution in [3.05, 3.63) is 0 Å². The van der Waals surface area contributed by atoms with Gasteiger partial charge >= 0.3 is 46.8 Å². The zero-order valence-corrected chi connectivity index (χ0v) is 5.26. The Morgan fingerprint density at radius 1 is 1.83 bits per heavy atom. The van der Waals surface area contributed by atoms with Crippen molar-refractivity contribution in [2.24, 2.45) is 0 Å². The van der Waals surface area contributed by atoms with Crippen LogP contribution in [0.5, 0.6) is 0 Å². The number of rotatable bonds is 3. The maximum Gasteiger partial charge on any atom is -1.00 e. The first-order chi connectivity index (χ1) is 2.91. The third-order valence-electron chi connectivity index (χ3n) is 0.616. The van der Waals surface area contributed by atoms with Crippen molar-refractivity contribution in [3.8, 4) is 0 Å². The van der Waals surface area contributed by atoms with Crippen LogP contribution in [-0.2, 0) is 3.79 Å². The van der Waals surface area contributed by atoms with Crippen molar-refractivity contribution >= 4 is 16.6 Å². The quantitative estimate of drug-likeness (QED) is 0.385. The SMILES string of the molecule is CCCC[O][Al+2].[2H-].[2H-]. The molecule has 0 N–H and O–H groups in total. The molecule has 0 amide bonds. The Hall–Kier alpha value is 0.492. The summed E-state index contributed by atoms with van der Waals surface area (Å²) >= 11 is 2.23. The van der Waals surface area contributed by atoms with E-state index in [2.05, 4.69) is 23.5 Å². The fourth-order valence-corrected chi connectivity index (χ4v) is 0.394. The Morgan fingerprint density at radius 3 is 2.67 bits per heavy atom. The van der Waals surface area contributed by atoms with Crippen LogP contribution in [0, 0.1) is 0 Å². The van der Waals surface area contributed by atoms with E-state index in [-0.39, 0.29) is 2.85 Å². The van der Waals surface area contributed by atoms with Gasteiger partial charge in [-0.3, -0.25) is 0 Å². The average molecular weight is 104 g/mol. The molecule has 0 aliphatic rings. The summed E-state index contributed by atoms with van der Waals surface area (Å²) in [6.07, 6.45) is 2.39. The van der Waals surface area contributed by atoms with Crippen LogP contribution in [0.1, 0.15) is 22.6 Å². The van der Waals surface area contributed by atoms with Gasteiger partial charge in [0.1, 0.15) is 0 Å². The molecule has 0 fully saturated rings. The molecule has 0 saturated heterocycles. The van der Waals surface area contributed by atoms with Gasteiger partial charge in [-0.05, 0) is 0 Å². The molecule has 0 spiro atoms. The van der Waals surface area contributed by atoms with E-state index in [9.17, 15) is 0 Å². The largest absolute Gasteiger partial charge is 1.00 e. The molecular formula is C4H11AlO. The van der Waals surface area contributed by atoms with Crippen LogP contribution >= 0.6 is 0 Å². The van der Waals surface area contributed by atoms with Crippen molar-refractivity contribution in [1.29, 1.82) is 0 Å². The molecule has 0 unspecified atom stereocenters. The molecule has 0 heterocycles. The van der Waals surface area contributed by atoms with Gasteiger partial charge in [0.25, 0.3) is 0 Å². The molecule has 36 valence electrons. The number of unbranched alkanes of at least 4 members (excludes halogenated alkanes) is 1. The van der Waals surface area contributed by atoms with Gasteiger partial charge in [0, 0.05) is 0 Å². The summed E-state index contributed by atoms with van der Waals surface area (Å²) in [6.45, 7) is 3.02. The maximum absolute atomic E-state index is 4.70. The van der Waals surface area contributed by atoms with Gasteiger partial charge < -0.3 is 2.85 Å². The van der Waals surface area contributed by atoms with E-state index in [4.69, 9.17) is 3.79 Å². The predicted molar refractivity (Wildman–Crippen MR) is 28.8 cm³/mol. The van der Waals surface area contributed by atoms with Gasteiger partial charge in [0.15, 0.2) is 0 Å². The molecule has 0 bridgehead atoms. The van der Waals surface area contributed by atoms with E-state index in [0.29, 0.717) is 0 Å². The molecular weight excluding hydrogens is 91.0 g/mol. The Balaban J connectivity index is -0.000000125. The van der Waals surface area contributed by atoms with Crippen LogP contribution in [0.2, 0.25) is 0 Å². The molecule has 0 aromatic carbocycles. The summed E-state index contributed by atoms with van der Waals surface area (Å²) in [5.41, 5.74) is 0. The summed E-state index contributed by atoms with van der Waals surface area (Å²) in [6, 6.07) is 0. The van der Waals surface area contributed by atoms with Gasteiger partial charge in [0.05, 0.1) is 0 Å². The zero-order valence-electron chi connectivity index (χ0n) is 6.11. The summed E-state index contributed by atoms with van der Waals surface area (Å²) in [5, 5.41) is 0. The van der Waals surface area contributed by atoms with Gasteiger partial charge in [-0.15, -0.1) is 0 Å². The molecule has 0 radical (unpaired) electrons. The third-order valence-corrected chi connectivity index (χ3v) is 0.851. The predicted octanol–water partition coefficient (Wildman–Crippen LogP) is 1.11. The smallest absolute Gasteiger partial charge is 1.00 e. The average Bonchev–Trinajstić information content (AvgIpc) is 1.61. The molecule has 0 atom stereocenters. The van der Waals surface area contributed by atoms with Crippen molar-refractivity contribution in [3.63, 3.8) is 0 Å². The van der Waals surface area contributed by atoms with Crippen LogP contribution in [-0.4, -0.2) is 23.2 Å². The molecule has 0 rings (SSSR count). The molecule has 0 aromatic rings. The van der Waals surface area contributed by atoms with Crippen molar-refractivity contribution < 1.29 is 6.64 Å². The summed E-state index contributed by atoms with van der Waals surface area (Å²) in [5.74, 6) is 0. The van der Waals surface area contributed by atoms with Crippen LogP contribution < -0.4 is 0 Å². The first-order valence-corrected chi connectivity index (χ1v) is 2.70. The van der Waals surface area contributed by atoms with Crippen molar-refractivity contribution in [2.75, 3.05) is 6.61 Å². The zero-order chi connectivity index (χ0) is 4.83. The van der Waals surface area contributed by atoms with Crippen molar-refractivity contribution in [1.82, 2.24) is 0 Å². The molecule has 1 nitrogen and oxygen atoms in total. The molecule has 0 aromatic heterocycles. The molecule has 0 aliphatic heterocycles. The second-order valence-corrected chi connectivity index (χ2v) is 1.56. The van der Waals surface area contributed by atoms with Crippen LogP contribution in [0.3, 0.4) is 0 Å². The second-order valence-electron chi connectivity index (χ2n) is 1.22. The van der Waals surface area contributed by atoms with Crippen LogP contribution in [0.4, 0.5) is 0 Å². The Bertz CT molecular complexity index is 26.0. The Labute approximate surface area is 50.4 Å². The fraction of sp³-hybridized carbons (Fsp3) is 1.00. The van der Waals surface area contributed by atoms with E-state index in [1.807, 2.05) is 0 Å². The summed E-state index contributed by atoms with van der Waals surface area (Å²) in [4.78, 5) is 0. The van der Waals surface area contributed by atoms with Crippen LogP contribution in [0.25, 0.3) is 0 Å². The van der Waals surface area contributed by atoms with Crippen molar-refractivity contribution in [2.45, 2.75) is 19.8 Å². The summed E-state index contributed by atoms with van der Waals surface area (Å²) in [7, 11) is 0. The Kier molecular flexibility index (Phi) is 5.94. The number of hydrogen-bond acceptors (Lipinski definition) is 1. The number of hydrogen-bond donors (Lipinski definition) is 0. The molecule has 6 heavy (non-hydrogen) atoms. The Morgan fingerprint density at radius 2 is 2.50 bits per heavy atom. The molecule has 2 heteroatoms. The standard InChI is InChI=1S/C4H9O.Al.2H/c1-2-3-4-5;;;/h2-4H2,1H3;;;/q-1;+3;2*-1/i;;2*1+1. The first kappa shape index (κ1) is 6.49. The molecule has 0 aliphatic carbocycles. The van der Waals surface area contributed by atoms with Gasteiger partial charge in [-0.25, -0.2) is 0 Å². The normalized spacial score (nSPS) is 9.17. The molecule has 0 saturated carbocycles. The minimum atomic E-state index is 0. The van der Waals surface area contributed by atoms with Crippen LogP contribution in [0.15, 0.2) is 0 Å². The van der Waals surface area contributed by atoms with E-state index < -0.39 is 0 Å². The van der Waals surface area contributed by atoms with E-state index in [1.54, 1.807) is 0 Å². The summed E-state index contributed by atoms with van der Waals surface area (Å²) < 4.78 is 4.70. The van der Waals surface area contributed by atoms with Gasteiger partial charge in [0.2, 0.25) is 0 Å². The topological polar surface area (TPSA) is 9.23 Å². The van der Waals surface area contributed by atoms with E-state index in [0.717, 1.165) is 6.61 Å². The van der Waals surface area contributed by atoms with E-state index >= 15 is 0 Å². The third kappa shape index (κ3) is 4.49. The minimum Gasteiger partial charge on any atom is -1.00 e. The fourth-order valence-electron chi connectivity index (χ4n) is 0.228. The first-order valence-electron chi connectivity index (χ1n) is 2.23. The second kappa shape index (κ2) is 5.49. The van der Waals surface area contributed by atoms with Gasteiger partial charge in [-0.1, -0.05) is 0 Å². The minimum absolute atomic E-state index is 0. The van der Waals surface area contributed by atoms with E-state index in [1.165, 1.54) is 12.8 Å². The maximum atomic E-state index is 4.70. The van der Waals surface area contributed by atoms with Gasteiger partial charge in [-0.2, -0.15) is 0 Å². The monoisotopic (exact) mass is 104 g/mol.